The minimum atomic E-state index is -0.468. The molecule has 2 aliphatic heterocycles. The molecule has 0 aromatic rings. The highest BCUT2D eigenvalue weighted by Crippen LogP contribution is 2.77. The Morgan fingerprint density at radius 2 is 1.96 bits per heavy atom. The van der Waals surface area contributed by atoms with Crippen LogP contribution in [0.15, 0.2) is 11.3 Å². The monoisotopic (exact) mass is 328 g/mol. The van der Waals surface area contributed by atoms with Crippen molar-refractivity contribution in [3.8, 4) is 0 Å². The number of ketones is 1. The minimum absolute atomic E-state index is 0.144. The Bertz CT molecular complexity index is 695. The maximum absolute atomic E-state index is 12.2. The second-order valence-corrected chi connectivity index (χ2v) is 9.87. The van der Waals surface area contributed by atoms with E-state index in [0.29, 0.717) is 29.4 Å². The smallest absolute Gasteiger partial charge is 0.265 e. The van der Waals surface area contributed by atoms with Gasteiger partial charge in [-0.3, -0.25) is 4.79 Å². The Hall–Kier alpha value is -0.830. The van der Waals surface area contributed by atoms with Gasteiger partial charge in [-0.2, -0.15) is 0 Å². The lowest BCUT2D eigenvalue weighted by molar-refractivity contribution is -0.144. The molecule has 0 N–H and O–H groups in total. The van der Waals surface area contributed by atoms with E-state index in [1.54, 1.807) is 0 Å². The number of rotatable bonds is 1. The predicted octanol–water partition coefficient (Wildman–Crippen LogP) is 4.22. The number of hydrogen-bond acceptors (Lipinski definition) is 3. The van der Waals surface area contributed by atoms with Crippen molar-refractivity contribution < 1.29 is 14.3 Å². The number of hydrogen-bond donors (Lipinski definition) is 0. The molecule has 0 bridgehead atoms. The predicted molar refractivity (Wildman–Crippen MR) is 88.9 cm³/mol. The molecule has 6 aliphatic rings. The molecular formula is C21H28O3. The highest BCUT2D eigenvalue weighted by atomic mass is 16.8. The molecule has 4 fully saturated rings. The molecule has 3 saturated carbocycles. The van der Waals surface area contributed by atoms with Crippen molar-refractivity contribution in [2.24, 2.45) is 34.5 Å². The first-order valence-electron chi connectivity index (χ1n) is 10.1. The average Bonchev–Trinajstić information content (AvgIpc) is 3.19. The first-order valence-corrected chi connectivity index (χ1v) is 10.1. The van der Waals surface area contributed by atoms with E-state index < -0.39 is 5.79 Å². The van der Waals surface area contributed by atoms with Crippen LogP contribution in [0, 0.1) is 34.5 Å². The molecule has 0 unspecified atom stereocenters. The number of fused-ring (bicyclic) bond motifs is 5. The number of ether oxygens (including phenoxy) is 2. The van der Waals surface area contributed by atoms with Crippen LogP contribution < -0.4 is 0 Å². The number of carbonyl (C=O) groups is 1. The van der Waals surface area contributed by atoms with E-state index in [2.05, 4.69) is 20.8 Å². The number of carbonyl (C=O) groups excluding carboxylic acids is 1. The Labute approximate surface area is 144 Å². The molecule has 0 aromatic carbocycles. The molecule has 130 valence electrons. The molecule has 3 heteroatoms. The van der Waals surface area contributed by atoms with Gasteiger partial charge in [0.05, 0.1) is 5.57 Å². The van der Waals surface area contributed by atoms with Crippen LogP contribution in [0.4, 0.5) is 0 Å². The van der Waals surface area contributed by atoms with Crippen molar-refractivity contribution in [3.63, 3.8) is 0 Å². The SMILES string of the molecule is CC[C@H]1CC[C@H]2[C@@H]3[C@@H]4O[C@]45OC4=C5[C@](C)(CCC4=O)[C@H]3CC[C@]12C. The third-order valence-electron chi connectivity index (χ3n) is 9.33. The first-order chi connectivity index (χ1) is 11.5. The van der Waals surface area contributed by atoms with Crippen LogP contribution in [0.1, 0.15) is 65.7 Å². The van der Waals surface area contributed by atoms with E-state index in [1.807, 2.05) is 0 Å². The summed E-state index contributed by atoms with van der Waals surface area (Å²) in [4.78, 5) is 12.2. The van der Waals surface area contributed by atoms with Crippen LogP contribution in [-0.2, 0) is 14.3 Å². The van der Waals surface area contributed by atoms with Crippen molar-refractivity contribution in [1.29, 1.82) is 0 Å². The standard InChI is InChI=1S/C21H28O3/c1-4-11-5-6-12-15-13(7-9-19(11,12)2)20(3)10-8-14(22)16-17(20)21(23-16)18(15)24-21/h11-13,15,18H,4-10H2,1-3H3/t11-,12-,13-,15-,18-,19+,20+,21-/m0/s1. The molecule has 3 nitrogen and oxygen atoms in total. The van der Waals surface area contributed by atoms with Gasteiger partial charge in [-0.15, -0.1) is 0 Å². The third kappa shape index (κ3) is 1.28. The summed E-state index contributed by atoms with van der Waals surface area (Å²) in [6.07, 6.45) is 8.67. The molecular weight excluding hydrogens is 300 g/mol. The lowest BCUT2D eigenvalue weighted by atomic mass is 9.45. The summed E-state index contributed by atoms with van der Waals surface area (Å²) < 4.78 is 12.3. The lowest BCUT2D eigenvalue weighted by Gasteiger charge is -2.60. The summed E-state index contributed by atoms with van der Waals surface area (Å²) in [5, 5.41) is 0. The minimum Gasteiger partial charge on any atom is -0.451 e. The first kappa shape index (κ1) is 14.4. The van der Waals surface area contributed by atoms with Gasteiger partial charge in [-0.1, -0.05) is 27.2 Å². The normalized spacial score (nSPS) is 59.6. The van der Waals surface area contributed by atoms with Gasteiger partial charge in [0.1, 0.15) is 6.10 Å². The Balaban J connectivity index is 1.47. The van der Waals surface area contributed by atoms with Gasteiger partial charge in [-0.05, 0) is 61.2 Å². The summed E-state index contributed by atoms with van der Waals surface area (Å²) >= 11 is 0. The maximum atomic E-state index is 12.2. The summed E-state index contributed by atoms with van der Waals surface area (Å²) in [5.41, 5.74) is 1.91. The topological polar surface area (TPSA) is 38.8 Å². The van der Waals surface area contributed by atoms with Crippen LogP contribution in [0.25, 0.3) is 0 Å². The second-order valence-electron chi connectivity index (χ2n) is 9.87. The highest BCUT2D eigenvalue weighted by Gasteiger charge is 2.82. The Morgan fingerprint density at radius 1 is 1.12 bits per heavy atom. The van der Waals surface area contributed by atoms with Crippen LogP contribution in [0.5, 0.6) is 0 Å². The van der Waals surface area contributed by atoms with Crippen LogP contribution >= 0.6 is 0 Å². The van der Waals surface area contributed by atoms with Gasteiger partial charge in [0, 0.05) is 11.8 Å². The zero-order chi connectivity index (χ0) is 16.5. The zero-order valence-corrected chi connectivity index (χ0v) is 15.1. The van der Waals surface area contributed by atoms with Gasteiger partial charge in [0.25, 0.3) is 5.79 Å². The number of epoxide rings is 1. The fourth-order valence-electron chi connectivity index (χ4n) is 8.11. The Morgan fingerprint density at radius 3 is 2.75 bits per heavy atom. The Kier molecular flexibility index (Phi) is 2.36. The molecule has 1 saturated heterocycles. The average molecular weight is 328 g/mol. The second kappa shape index (κ2) is 3.95. The van der Waals surface area contributed by atoms with Crippen molar-refractivity contribution in [1.82, 2.24) is 0 Å². The van der Waals surface area contributed by atoms with Crippen LogP contribution in [0.2, 0.25) is 0 Å². The molecule has 1 spiro atoms. The van der Waals surface area contributed by atoms with Crippen molar-refractivity contribution in [3.05, 3.63) is 11.3 Å². The van der Waals surface area contributed by atoms with Gasteiger partial charge in [0.2, 0.25) is 0 Å². The molecule has 4 aliphatic carbocycles. The zero-order valence-electron chi connectivity index (χ0n) is 15.1. The van der Waals surface area contributed by atoms with E-state index in [0.717, 1.165) is 18.3 Å². The van der Waals surface area contributed by atoms with E-state index >= 15 is 0 Å². The molecule has 6 rings (SSSR count). The van der Waals surface area contributed by atoms with Gasteiger partial charge < -0.3 is 9.47 Å². The quantitative estimate of drug-likeness (QED) is 0.677. The van der Waals surface area contributed by atoms with E-state index in [9.17, 15) is 4.79 Å². The third-order valence-corrected chi connectivity index (χ3v) is 9.33. The molecule has 2 heterocycles. The summed E-state index contributed by atoms with van der Waals surface area (Å²) in [6.45, 7) is 7.36. The van der Waals surface area contributed by atoms with Gasteiger partial charge in [-0.25, -0.2) is 0 Å². The fourth-order valence-corrected chi connectivity index (χ4v) is 8.11. The van der Waals surface area contributed by atoms with Crippen molar-refractivity contribution in [2.75, 3.05) is 0 Å². The van der Waals surface area contributed by atoms with E-state index in [-0.39, 0.29) is 17.3 Å². The molecule has 0 radical (unpaired) electrons. The van der Waals surface area contributed by atoms with Crippen molar-refractivity contribution in [2.45, 2.75) is 77.6 Å². The molecule has 24 heavy (non-hydrogen) atoms. The summed E-state index contributed by atoms with van der Waals surface area (Å²) in [6, 6.07) is 0. The molecule has 0 aromatic heterocycles. The van der Waals surface area contributed by atoms with Gasteiger partial charge >= 0.3 is 0 Å². The fraction of sp³-hybridized carbons (Fsp3) is 0.857. The van der Waals surface area contributed by atoms with Crippen LogP contribution in [0.3, 0.4) is 0 Å². The maximum Gasteiger partial charge on any atom is 0.265 e. The summed E-state index contributed by atoms with van der Waals surface area (Å²) in [5.74, 6) is 3.44. The molecule has 8 atom stereocenters. The lowest BCUT2D eigenvalue weighted by Crippen LogP contribution is -2.60. The van der Waals surface area contributed by atoms with Crippen LogP contribution in [-0.4, -0.2) is 17.7 Å². The number of Topliss-reactive ketones (excluding diaryl/α,β-unsaturated/α-hetero) is 1. The largest absolute Gasteiger partial charge is 0.451 e. The molecule has 0 amide bonds. The van der Waals surface area contributed by atoms with Crippen molar-refractivity contribution >= 4 is 5.78 Å². The highest BCUT2D eigenvalue weighted by molar-refractivity contribution is 5.98. The van der Waals surface area contributed by atoms with E-state index in [1.165, 1.54) is 37.7 Å². The van der Waals surface area contributed by atoms with E-state index in [4.69, 9.17) is 9.47 Å². The summed E-state index contributed by atoms with van der Waals surface area (Å²) in [7, 11) is 0. The van der Waals surface area contributed by atoms with Gasteiger partial charge in [0.15, 0.2) is 11.5 Å².